The normalized spacial score (nSPS) is 10.5. The Balaban J connectivity index is 3.36. The number of methoxy groups -OCH3 is 1. The van der Waals surface area contributed by atoms with Gasteiger partial charge in [0.15, 0.2) is 0 Å². The van der Waals surface area contributed by atoms with E-state index in [2.05, 4.69) is 25.7 Å². The van der Waals surface area contributed by atoms with Crippen LogP contribution in [0, 0.1) is 0 Å². The van der Waals surface area contributed by atoms with Crippen LogP contribution in [0.25, 0.3) is 0 Å². The molecule has 0 aliphatic heterocycles. The summed E-state index contributed by atoms with van der Waals surface area (Å²) in [6.45, 7) is 0. The zero-order valence-corrected chi connectivity index (χ0v) is 9.10. The molecule has 15 heavy (non-hydrogen) atoms. The fraction of sp³-hybridized carbons (Fsp3) is 0.250. The molecule has 0 saturated carbocycles. The van der Waals surface area contributed by atoms with Crippen LogP contribution < -0.4 is 5.56 Å². The van der Waals surface area contributed by atoms with Crippen molar-refractivity contribution in [1.29, 1.82) is 0 Å². The van der Waals surface area contributed by atoms with E-state index >= 15 is 0 Å². The van der Waals surface area contributed by atoms with Gasteiger partial charge in [-0.25, -0.2) is 13.6 Å². The summed E-state index contributed by atoms with van der Waals surface area (Å²) >= 11 is 2.71. The van der Waals surface area contributed by atoms with Crippen LogP contribution in [0.2, 0.25) is 0 Å². The smallest absolute Gasteiger partial charge is 0.354 e. The quantitative estimate of drug-likeness (QED) is 0.842. The molecule has 0 aliphatic rings. The first-order valence-corrected chi connectivity index (χ1v) is 4.56. The van der Waals surface area contributed by atoms with Crippen molar-refractivity contribution in [2.75, 3.05) is 7.11 Å². The Kier molecular flexibility index (Phi) is 3.57. The zero-order chi connectivity index (χ0) is 11.6. The summed E-state index contributed by atoms with van der Waals surface area (Å²) < 4.78 is 28.9. The second-order valence-electron chi connectivity index (χ2n) is 2.57. The van der Waals surface area contributed by atoms with Crippen molar-refractivity contribution in [3.8, 4) is 0 Å². The van der Waals surface area contributed by atoms with Gasteiger partial charge >= 0.3 is 5.97 Å². The first-order valence-electron chi connectivity index (χ1n) is 3.76. The highest BCUT2D eigenvalue weighted by Crippen LogP contribution is 2.24. The lowest BCUT2D eigenvalue weighted by atomic mass is 10.2. The monoisotopic (exact) mass is 281 g/mol. The number of carbonyl (C=O) groups excluding carboxylic acids is 1. The maximum absolute atomic E-state index is 12.4. The Bertz CT molecular complexity index is 444. The number of pyridine rings is 1. The van der Waals surface area contributed by atoms with E-state index in [0.717, 1.165) is 13.2 Å². The fourth-order valence-electron chi connectivity index (χ4n) is 0.942. The van der Waals surface area contributed by atoms with Crippen molar-refractivity contribution in [3.63, 3.8) is 0 Å². The van der Waals surface area contributed by atoms with Gasteiger partial charge in [-0.15, -0.1) is 0 Å². The van der Waals surface area contributed by atoms with Crippen LogP contribution >= 0.6 is 15.9 Å². The predicted molar refractivity (Wildman–Crippen MR) is 51.1 cm³/mol. The molecule has 4 nitrogen and oxygen atoms in total. The summed E-state index contributed by atoms with van der Waals surface area (Å²) in [5.74, 6) is -0.874. The van der Waals surface area contributed by atoms with Crippen molar-refractivity contribution in [2.45, 2.75) is 6.43 Å². The van der Waals surface area contributed by atoms with Gasteiger partial charge in [-0.2, -0.15) is 0 Å². The van der Waals surface area contributed by atoms with Crippen LogP contribution in [0.3, 0.4) is 0 Å². The molecule has 0 spiro atoms. The number of carbonyl (C=O) groups is 1. The second-order valence-corrected chi connectivity index (χ2v) is 3.37. The second kappa shape index (κ2) is 4.52. The molecule has 1 N–H and O–H groups in total. The third-order valence-electron chi connectivity index (χ3n) is 1.64. The van der Waals surface area contributed by atoms with Crippen LogP contribution in [0.1, 0.15) is 22.5 Å². The third-order valence-corrected chi connectivity index (χ3v) is 2.46. The maximum Gasteiger partial charge on any atom is 0.354 e. The molecule has 0 bridgehead atoms. The molecule has 0 aromatic carbocycles. The highest BCUT2D eigenvalue weighted by molar-refractivity contribution is 9.10. The number of aromatic nitrogens is 1. The number of esters is 1. The van der Waals surface area contributed by atoms with E-state index in [9.17, 15) is 18.4 Å². The number of rotatable bonds is 2. The largest absolute Gasteiger partial charge is 0.464 e. The van der Waals surface area contributed by atoms with E-state index in [-0.39, 0.29) is 10.2 Å². The van der Waals surface area contributed by atoms with E-state index < -0.39 is 23.5 Å². The molecule has 1 rings (SSSR count). The fourth-order valence-corrected chi connectivity index (χ4v) is 1.33. The first kappa shape index (κ1) is 11.8. The SMILES string of the molecule is COC(=O)c1cc(C(F)F)c(Br)c(=O)[nH]1. The number of alkyl halides is 2. The molecule has 0 atom stereocenters. The molecular weight excluding hydrogens is 276 g/mol. The van der Waals surface area contributed by atoms with E-state index in [1.165, 1.54) is 0 Å². The Hall–Kier alpha value is -1.24. The first-order chi connectivity index (χ1) is 6.97. The van der Waals surface area contributed by atoms with E-state index in [0.29, 0.717) is 0 Å². The Morgan fingerprint density at radius 1 is 1.60 bits per heavy atom. The van der Waals surface area contributed by atoms with Gasteiger partial charge in [-0.05, 0) is 22.0 Å². The highest BCUT2D eigenvalue weighted by atomic mass is 79.9. The number of ether oxygens (including phenoxy) is 1. The van der Waals surface area contributed by atoms with Gasteiger partial charge in [0.1, 0.15) is 5.69 Å². The number of nitrogens with one attached hydrogen (secondary N) is 1. The van der Waals surface area contributed by atoms with E-state index in [4.69, 9.17) is 0 Å². The molecule has 0 unspecified atom stereocenters. The molecule has 7 heteroatoms. The Morgan fingerprint density at radius 2 is 2.20 bits per heavy atom. The zero-order valence-electron chi connectivity index (χ0n) is 7.51. The van der Waals surface area contributed by atoms with Crippen molar-refractivity contribution < 1.29 is 18.3 Å². The van der Waals surface area contributed by atoms with Crippen LogP contribution in [0.5, 0.6) is 0 Å². The molecule has 0 fully saturated rings. The summed E-state index contributed by atoms with van der Waals surface area (Å²) in [6, 6.07) is 0.877. The van der Waals surface area contributed by atoms with Gasteiger partial charge in [-0.1, -0.05) is 0 Å². The van der Waals surface area contributed by atoms with Gasteiger partial charge in [-0.3, -0.25) is 4.79 Å². The lowest BCUT2D eigenvalue weighted by Crippen LogP contribution is -2.16. The van der Waals surface area contributed by atoms with Crippen molar-refractivity contribution >= 4 is 21.9 Å². The lowest BCUT2D eigenvalue weighted by molar-refractivity contribution is 0.0593. The Labute approximate surface area is 91.4 Å². The van der Waals surface area contributed by atoms with E-state index in [1.54, 1.807) is 0 Å². The molecule has 1 aromatic heterocycles. The molecule has 0 radical (unpaired) electrons. The number of hydrogen-bond acceptors (Lipinski definition) is 3. The molecule has 0 aliphatic carbocycles. The number of H-pyrrole nitrogens is 1. The van der Waals surface area contributed by atoms with Crippen LogP contribution in [0.4, 0.5) is 8.78 Å². The lowest BCUT2D eigenvalue weighted by Gasteiger charge is -2.04. The standard InChI is InChI=1S/C8H6BrF2NO3/c1-15-8(14)4-2-3(6(10)11)5(9)7(13)12-4/h2,6H,1H3,(H,12,13). The van der Waals surface area contributed by atoms with Crippen LogP contribution in [-0.2, 0) is 4.74 Å². The van der Waals surface area contributed by atoms with Gasteiger partial charge in [0.05, 0.1) is 11.6 Å². The molecule has 1 aromatic rings. The summed E-state index contributed by atoms with van der Waals surface area (Å²) in [4.78, 5) is 24.3. The van der Waals surface area contributed by atoms with Crippen molar-refractivity contribution in [2.24, 2.45) is 0 Å². The summed E-state index contributed by atoms with van der Waals surface area (Å²) in [7, 11) is 1.09. The summed E-state index contributed by atoms with van der Waals surface area (Å²) in [5, 5.41) is 0. The topological polar surface area (TPSA) is 59.2 Å². The molecule has 0 amide bonds. The number of halogens is 3. The molecule has 1 heterocycles. The average Bonchev–Trinajstić information content (AvgIpc) is 2.20. The summed E-state index contributed by atoms with van der Waals surface area (Å²) in [5.41, 5.74) is -1.65. The van der Waals surface area contributed by atoms with Crippen molar-refractivity contribution in [1.82, 2.24) is 4.98 Å². The summed E-state index contributed by atoms with van der Waals surface area (Å²) in [6.07, 6.45) is -2.84. The minimum absolute atomic E-state index is 0.287. The predicted octanol–water partition coefficient (Wildman–Crippen LogP) is 1.86. The molecular formula is C8H6BrF2NO3. The van der Waals surface area contributed by atoms with Gasteiger partial charge in [0, 0.05) is 5.56 Å². The van der Waals surface area contributed by atoms with Crippen molar-refractivity contribution in [3.05, 3.63) is 32.2 Å². The molecule has 82 valence electrons. The van der Waals surface area contributed by atoms with Gasteiger partial charge < -0.3 is 9.72 Å². The number of hydrogen-bond donors (Lipinski definition) is 1. The Morgan fingerprint density at radius 3 is 2.67 bits per heavy atom. The van der Waals surface area contributed by atoms with E-state index in [1.807, 2.05) is 0 Å². The molecule has 0 saturated heterocycles. The highest BCUT2D eigenvalue weighted by Gasteiger charge is 2.18. The van der Waals surface area contributed by atoms with Crippen LogP contribution in [0.15, 0.2) is 15.3 Å². The third kappa shape index (κ3) is 2.41. The number of aromatic amines is 1. The minimum atomic E-state index is -2.84. The maximum atomic E-state index is 12.4. The van der Waals surface area contributed by atoms with Gasteiger partial charge in [0.2, 0.25) is 0 Å². The average molecular weight is 282 g/mol. The van der Waals surface area contributed by atoms with Crippen LogP contribution in [-0.4, -0.2) is 18.1 Å². The van der Waals surface area contributed by atoms with Gasteiger partial charge in [0.25, 0.3) is 12.0 Å². The minimum Gasteiger partial charge on any atom is -0.464 e.